The number of nitrogen functional groups attached to an aromatic ring is 1. The summed E-state index contributed by atoms with van der Waals surface area (Å²) in [7, 11) is 0. The quantitative estimate of drug-likeness (QED) is 0.863. The summed E-state index contributed by atoms with van der Waals surface area (Å²) >= 11 is 0. The van der Waals surface area contributed by atoms with Crippen molar-refractivity contribution in [1.82, 2.24) is 9.97 Å². The zero-order valence-corrected chi connectivity index (χ0v) is 11.6. The van der Waals surface area contributed by atoms with Gasteiger partial charge < -0.3 is 11.1 Å². The van der Waals surface area contributed by atoms with E-state index in [2.05, 4.69) is 29.1 Å². The van der Waals surface area contributed by atoms with Crippen molar-refractivity contribution in [2.75, 3.05) is 11.1 Å². The molecule has 0 aliphatic heterocycles. The van der Waals surface area contributed by atoms with Crippen molar-refractivity contribution in [3.8, 4) is 0 Å². The third-order valence-corrected chi connectivity index (χ3v) is 3.64. The highest BCUT2D eigenvalue weighted by molar-refractivity contribution is 5.45. The lowest BCUT2D eigenvalue weighted by molar-refractivity contribution is 0.280. The Morgan fingerprint density at radius 3 is 2.50 bits per heavy atom. The highest BCUT2D eigenvalue weighted by Gasteiger charge is 2.24. The van der Waals surface area contributed by atoms with Crippen molar-refractivity contribution in [1.29, 1.82) is 0 Å². The molecule has 0 amide bonds. The summed E-state index contributed by atoms with van der Waals surface area (Å²) in [5, 5.41) is 3.53. The van der Waals surface area contributed by atoms with Gasteiger partial charge in [-0.1, -0.05) is 20.8 Å². The van der Waals surface area contributed by atoms with Crippen molar-refractivity contribution in [2.24, 2.45) is 11.8 Å². The van der Waals surface area contributed by atoms with Gasteiger partial charge in [0.1, 0.15) is 17.5 Å². The molecule has 4 nitrogen and oxygen atoms in total. The normalized spacial score (nSPS) is 28.1. The molecule has 3 N–H and O–H groups in total. The fourth-order valence-electron chi connectivity index (χ4n) is 3.02. The minimum absolute atomic E-state index is 0.516. The number of nitrogens with two attached hydrogens (primary N) is 1. The molecule has 0 spiro atoms. The van der Waals surface area contributed by atoms with Gasteiger partial charge in [-0.05, 0) is 31.1 Å². The minimum Gasteiger partial charge on any atom is -0.384 e. The van der Waals surface area contributed by atoms with Crippen molar-refractivity contribution in [2.45, 2.75) is 52.5 Å². The summed E-state index contributed by atoms with van der Waals surface area (Å²) < 4.78 is 0. The fourth-order valence-corrected chi connectivity index (χ4v) is 3.02. The zero-order chi connectivity index (χ0) is 13.1. The Kier molecular flexibility index (Phi) is 4.04. The molecule has 0 radical (unpaired) electrons. The van der Waals surface area contributed by atoms with Crippen LogP contribution in [0.2, 0.25) is 0 Å². The van der Waals surface area contributed by atoms with Crippen LogP contribution < -0.4 is 11.1 Å². The highest BCUT2D eigenvalue weighted by atomic mass is 15.1. The van der Waals surface area contributed by atoms with Gasteiger partial charge in [0.05, 0.1) is 0 Å². The van der Waals surface area contributed by atoms with E-state index in [1.54, 1.807) is 0 Å². The molecule has 4 heteroatoms. The summed E-state index contributed by atoms with van der Waals surface area (Å²) in [6.07, 6.45) is 4.59. The molecule has 1 aromatic rings. The number of anilines is 2. The molecular weight excluding hydrogens is 224 g/mol. The van der Waals surface area contributed by atoms with Gasteiger partial charge in [0.25, 0.3) is 0 Å². The SMILES string of the molecule is CCc1nc(N)cc(NC2CC(C)CC(C)C2)n1. The number of rotatable bonds is 3. The second-order valence-electron chi connectivity index (χ2n) is 5.71. The number of nitrogens with one attached hydrogen (secondary N) is 1. The van der Waals surface area contributed by atoms with Crippen LogP contribution in [-0.4, -0.2) is 16.0 Å². The Morgan fingerprint density at radius 1 is 1.22 bits per heavy atom. The van der Waals surface area contributed by atoms with Crippen LogP contribution in [-0.2, 0) is 6.42 Å². The van der Waals surface area contributed by atoms with Gasteiger partial charge >= 0.3 is 0 Å². The molecule has 0 bridgehead atoms. The lowest BCUT2D eigenvalue weighted by Gasteiger charge is -2.32. The van der Waals surface area contributed by atoms with Gasteiger partial charge in [-0.2, -0.15) is 0 Å². The topological polar surface area (TPSA) is 63.8 Å². The molecular formula is C14H24N4. The van der Waals surface area contributed by atoms with Gasteiger partial charge in [0.15, 0.2) is 0 Å². The maximum absolute atomic E-state index is 5.80. The maximum Gasteiger partial charge on any atom is 0.132 e. The fraction of sp³-hybridized carbons (Fsp3) is 0.714. The molecule has 18 heavy (non-hydrogen) atoms. The Bertz CT molecular complexity index is 395. The van der Waals surface area contributed by atoms with Gasteiger partial charge in [0.2, 0.25) is 0 Å². The van der Waals surface area contributed by atoms with Crippen LogP contribution >= 0.6 is 0 Å². The molecule has 1 fully saturated rings. The zero-order valence-electron chi connectivity index (χ0n) is 11.6. The molecule has 2 rings (SSSR count). The van der Waals surface area contributed by atoms with Crippen LogP contribution in [0.3, 0.4) is 0 Å². The maximum atomic E-state index is 5.80. The summed E-state index contributed by atoms with van der Waals surface area (Å²) in [5.74, 6) is 3.83. The van der Waals surface area contributed by atoms with Crippen molar-refractivity contribution < 1.29 is 0 Å². The van der Waals surface area contributed by atoms with Crippen LogP contribution in [0.25, 0.3) is 0 Å². The number of aromatic nitrogens is 2. The van der Waals surface area contributed by atoms with Gasteiger partial charge in [-0.15, -0.1) is 0 Å². The molecule has 1 aliphatic carbocycles. The molecule has 1 aliphatic rings. The van der Waals surface area contributed by atoms with Crippen LogP contribution in [0.5, 0.6) is 0 Å². The van der Waals surface area contributed by atoms with E-state index in [-0.39, 0.29) is 0 Å². The van der Waals surface area contributed by atoms with E-state index in [0.717, 1.165) is 29.9 Å². The first-order valence-electron chi connectivity index (χ1n) is 6.96. The summed E-state index contributed by atoms with van der Waals surface area (Å²) in [6, 6.07) is 2.35. The lowest BCUT2D eigenvalue weighted by Crippen LogP contribution is -2.30. The number of hydrogen-bond acceptors (Lipinski definition) is 4. The number of nitrogens with zero attached hydrogens (tertiary/aromatic N) is 2. The van der Waals surface area contributed by atoms with Crippen LogP contribution in [0.15, 0.2) is 6.07 Å². The van der Waals surface area contributed by atoms with E-state index >= 15 is 0 Å². The van der Waals surface area contributed by atoms with Crippen LogP contribution in [0.1, 0.15) is 45.9 Å². The number of hydrogen-bond donors (Lipinski definition) is 2. The molecule has 0 saturated heterocycles. The highest BCUT2D eigenvalue weighted by Crippen LogP contribution is 2.30. The smallest absolute Gasteiger partial charge is 0.132 e. The van der Waals surface area contributed by atoms with Gasteiger partial charge in [0, 0.05) is 18.5 Å². The number of aryl methyl sites for hydroxylation is 1. The average Bonchev–Trinajstić information content (AvgIpc) is 2.26. The van der Waals surface area contributed by atoms with Crippen molar-refractivity contribution in [3.05, 3.63) is 11.9 Å². The summed E-state index contributed by atoms with van der Waals surface area (Å²) in [6.45, 7) is 6.70. The summed E-state index contributed by atoms with van der Waals surface area (Å²) in [4.78, 5) is 8.70. The lowest BCUT2D eigenvalue weighted by atomic mass is 9.80. The average molecular weight is 248 g/mol. The molecule has 1 heterocycles. The van der Waals surface area contributed by atoms with E-state index in [4.69, 9.17) is 5.73 Å². The third-order valence-electron chi connectivity index (χ3n) is 3.64. The van der Waals surface area contributed by atoms with Gasteiger partial charge in [-0.25, -0.2) is 9.97 Å². The molecule has 2 atom stereocenters. The molecule has 2 unspecified atom stereocenters. The first-order valence-corrected chi connectivity index (χ1v) is 6.96. The van der Waals surface area contributed by atoms with E-state index in [0.29, 0.717) is 11.9 Å². The Labute approximate surface area is 109 Å². The minimum atomic E-state index is 0.516. The predicted octanol–water partition coefficient (Wildman–Crippen LogP) is 2.86. The standard InChI is InChI=1S/C14H24N4/c1-4-13-17-12(15)8-14(18-13)16-11-6-9(2)5-10(3)7-11/h8-11H,4-7H2,1-3H3,(H3,15,16,17,18). The van der Waals surface area contributed by atoms with Crippen LogP contribution in [0, 0.1) is 11.8 Å². The van der Waals surface area contributed by atoms with E-state index in [1.165, 1.54) is 19.3 Å². The van der Waals surface area contributed by atoms with E-state index in [1.807, 2.05) is 13.0 Å². The van der Waals surface area contributed by atoms with Gasteiger partial charge in [-0.3, -0.25) is 0 Å². The first-order chi connectivity index (χ1) is 8.56. The second kappa shape index (κ2) is 5.55. The molecule has 100 valence electrons. The summed E-state index contributed by atoms with van der Waals surface area (Å²) in [5.41, 5.74) is 5.80. The predicted molar refractivity (Wildman–Crippen MR) is 75.4 cm³/mol. The molecule has 1 aromatic heterocycles. The van der Waals surface area contributed by atoms with Crippen molar-refractivity contribution in [3.63, 3.8) is 0 Å². The van der Waals surface area contributed by atoms with Crippen molar-refractivity contribution >= 4 is 11.6 Å². The van der Waals surface area contributed by atoms with E-state index < -0.39 is 0 Å². The second-order valence-corrected chi connectivity index (χ2v) is 5.71. The monoisotopic (exact) mass is 248 g/mol. The first kappa shape index (κ1) is 13.1. The third kappa shape index (κ3) is 3.34. The Balaban J connectivity index is 2.06. The Morgan fingerprint density at radius 2 is 1.89 bits per heavy atom. The molecule has 1 saturated carbocycles. The largest absolute Gasteiger partial charge is 0.384 e. The Hall–Kier alpha value is -1.32. The van der Waals surface area contributed by atoms with Crippen LogP contribution in [0.4, 0.5) is 11.6 Å². The molecule has 0 aromatic carbocycles. The van der Waals surface area contributed by atoms with E-state index in [9.17, 15) is 0 Å².